The minimum absolute atomic E-state index is 0.330. The molecule has 132 valence electrons. The fraction of sp³-hybridized carbons (Fsp3) is 0.217. The van der Waals surface area contributed by atoms with Crippen LogP contribution < -0.4 is 9.22 Å². The maximum Gasteiger partial charge on any atom is 0.228 e. The van der Waals surface area contributed by atoms with Gasteiger partial charge in [-0.05, 0) is 55.8 Å². The summed E-state index contributed by atoms with van der Waals surface area (Å²) in [6.07, 6.45) is 0. The third kappa shape index (κ3) is 3.02. The van der Waals surface area contributed by atoms with E-state index in [2.05, 4.69) is 93.7 Å². The molecule has 3 heteroatoms. The summed E-state index contributed by atoms with van der Waals surface area (Å²) in [5, 5.41) is 0. The van der Waals surface area contributed by atoms with Crippen LogP contribution in [-0.2, 0) is 0 Å². The largest absolute Gasteiger partial charge is 0.444 e. The Morgan fingerprint density at radius 3 is 2.27 bits per heavy atom. The Kier molecular flexibility index (Phi) is 4.51. The van der Waals surface area contributed by atoms with Crippen molar-refractivity contribution in [2.24, 2.45) is 0 Å². The Labute approximate surface area is 160 Å². The van der Waals surface area contributed by atoms with E-state index in [9.17, 15) is 0 Å². The van der Waals surface area contributed by atoms with Gasteiger partial charge in [-0.25, -0.2) is 0 Å². The first-order valence-corrected chi connectivity index (χ1v) is 9.80. The van der Waals surface area contributed by atoms with Gasteiger partial charge in [-0.2, -0.15) is 0 Å². The zero-order valence-electron chi connectivity index (χ0n) is 15.5. The van der Waals surface area contributed by atoms with Gasteiger partial charge < -0.3 is 4.74 Å². The molecule has 1 aliphatic heterocycles. The van der Waals surface area contributed by atoms with Crippen molar-refractivity contribution in [3.05, 3.63) is 83.9 Å². The highest BCUT2D eigenvalue weighted by Crippen LogP contribution is 2.45. The van der Waals surface area contributed by atoms with Crippen molar-refractivity contribution in [1.82, 2.24) is 4.48 Å². The number of benzene rings is 3. The molecule has 0 radical (unpaired) electrons. The van der Waals surface area contributed by atoms with E-state index < -0.39 is 0 Å². The van der Waals surface area contributed by atoms with Crippen LogP contribution in [0.25, 0.3) is 0 Å². The number of hydrogen-bond donors (Lipinski definition) is 0. The van der Waals surface area contributed by atoms with E-state index in [1.165, 1.54) is 26.6 Å². The number of rotatable bonds is 3. The van der Waals surface area contributed by atoms with Crippen molar-refractivity contribution in [2.75, 3.05) is 13.8 Å². The van der Waals surface area contributed by atoms with Gasteiger partial charge in [-0.3, -0.25) is 4.48 Å². The van der Waals surface area contributed by atoms with E-state index in [1.54, 1.807) is 0 Å². The van der Waals surface area contributed by atoms with Gasteiger partial charge in [-0.1, -0.05) is 48.2 Å². The lowest BCUT2D eigenvalue weighted by Gasteiger charge is -2.43. The number of ether oxygens (including phenoxy) is 1. The average Bonchev–Trinajstić information content (AvgIpc) is 2.67. The summed E-state index contributed by atoms with van der Waals surface area (Å²) in [6.45, 7) is 5.12. The molecule has 0 spiro atoms. The van der Waals surface area contributed by atoms with Crippen LogP contribution >= 0.6 is 11.8 Å². The molecule has 4 rings (SSSR count). The first-order valence-electron chi connectivity index (χ1n) is 8.99. The predicted octanol–water partition coefficient (Wildman–Crippen LogP) is 6.19. The molecule has 1 aliphatic rings. The monoisotopic (exact) mass is 362 g/mol. The first-order chi connectivity index (χ1) is 12.6. The second-order valence-corrected chi connectivity index (χ2v) is 8.27. The minimum atomic E-state index is 0.330. The molecule has 0 fully saturated rings. The van der Waals surface area contributed by atoms with Crippen LogP contribution in [0.4, 0.5) is 5.69 Å². The molecule has 0 amide bonds. The molecule has 2 atom stereocenters. The Hall–Kier alpha value is -2.23. The molecule has 0 N–H and O–H groups in total. The van der Waals surface area contributed by atoms with Crippen LogP contribution in [-0.4, -0.2) is 13.8 Å². The highest BCUT2D eigenvalue weighted by Gasteiger charge is 2.40. The lowest BCUT2D eigenvalue weighted by Crippen LogP contribution is -2.52. The number of fused-ring (bicyclic) bond motifs is 1. The van der Waals surface area contributed by atoms with Gasteiger partial charge in [-0.15, -0.1) is 0 Å². The maximum absolute atomic E-state index is 6.26. The van der Waals surface area contributed by atoms with Crippen LogP contribution in [0.1, 0.15) is 24.1 Å². The third-order valence-electron chi connectivity index (χ3n) is 5.38. The van der Waals surface area contributed by atoms with Crippen molar-refractivity contribution in [3.63, 3.8) is 0 Å². The molecule has 0 bridgehead atoms. The van der Waals surface area contributed by atoms with Gasteiger partial charge in [0.15, 0.2) is 0 Å². The molecular formula is C23H24NOS+. The predicted molar refractivity (Wildman–Crippen MR) is 110 cm³/mol. The third-order valence-corrected chi connectivity index (χ3v) is 6.36. The van der Waals surface area contributed by atoms with E-state index in [1.807, 2.05) is 11.8 Å². The molecule has 3 aromatic rings. The normalized spacial score (nSPS) is 21.7. The molecule has 1 heterocycles. The number of nitrogens with zero attached hydrogens (tertiary/aromatic N) is 1. The van der Waals surface area contributed by atoms with Crippen LogP contribution in [0.2, 0.25) is 0 Å². The fourth-order valence-corrected chi connectivity index (χ4v) is 4.63. The highest BCUT2D eigenvalue weighted by atomic mass is 32.2. The molecule has 2 nitrogen and oxygen atoms in total. The van der Waals surface area contributed by atoms with Crippen molar-refractivity contribution in [1.29, 1.82) is 0 Å². The summed E-state index contributed by atoms with van der Waals surface area (Å²) in [6, 6.07) is 26.1. The molecule has 0 aromatic heterocycles. The molecule has 0 saturated heterocycles. The zero-order chi connectivity index (χ0) is 18.1. The second-order valence-electron chi connectivity index (χ2n) is 7.13. The topological polar surface area (TPSA) is 9.23 Å². The van der Waals surface area contributed by atoms with Crippen molar-refractivity contribution in [3.8, 4) is 5.75 Å². The summed E-state index contributed by atoms with van der Waals surface area (Å²) >= 11 is 1.81. The first kappa shape index (κ1) is 17.2. The summed E-state index contributed by atoms with van der Waals surface area (Å²) in [5.74, 6) is 1.06. The van der Waals surface area contributed by atoms with Crippen LogP contribution in [0.5, 0.6) is 5.75 Å². The second kappa shape index (κ2) is 6.82. The Morgan fingerprint density at radius 1 is 0.923 bits per heavy atom. The number of aryl methyl sites for hydroxylation is 1. The lowest BCUT2D eigenvalue weighted by atomic mass is 9.99. The van der Waals surface area contributed by atoms with Gasteiger partial charge in [0.1, 0.15) is 17.5 Å². The van der Waals surface area contributed by atoms with E-state index in [4.69, 9.17) is 4.74 Å². The smallest absolute Gasteiger partial charge is 0.228 e. The molecular weight excluding hydrogens is 338 g/mol. The van der Waals surface area contributed by atoms with Crippen molar-refractivity contribution >= 4 is 17.4 Å². The van der Waals surface area contributed by atoms with Crippen LogP contribution in [0, 0.1) is 6.92 Å². The average molecular weight is 363 g/mol. The summed E-state index contributed by atoms with van der Waals surface area (Å²) in [4.78, 5) is 2.53. The van der Waals surface area contributed by atoms with E-state index in [0.717, 1.165) is 10.2 Å². The lowest BCUT2D eigenvalue weighted by molar-refractivity contribution is 0.0932. The Balaban J connectivity index is 1.73. The maximum atomic E-state index is 6.26. The number of hydrogen-bond acceptors (Lipinski definition) is 2. The van der Waals surface area contributed by atoms with Crippen LogP contribution in [0.3, 0.4) is 0 Å². The van der Waals surface area contributed by atoms with Gasteiger partial charge >= 0.3 is 0 Å². The van der Waals surface area contributed by atoms with Gasteiger partial charge in [0.05, 0.1) is 12.6 Å². The Bertz CT molecular complexity index is 910. The SMILES string of the molecule is Cc1cc(Sc2ccccc2)cc2c1OC[N+](C)(c1ccccc1)C2C. The summed E-state index contributed by atoms with van der Waals surface area (Å²) in [7, 11) is 2.26. The minimum Gasteiger partial charge on any atom is -0.444 e. The zero-order valence-corrected chi connectivity index (χ0v) is 16.3. The summed E-state index contributed by atoms with van der Waals surface area (Å²) < 4.78 is 7.02. The van der Waals surface area contributed by atoms with Crippen molar-refractivity contribution < 1.29 is 4.74 Å². The molecule has 26 heavy (non-hydrogen) atoms. The van der Waals surface area contributed by atoms with Gasteiger partial charge in [0.2, 0.25) is 6.73 Å². The van der Waals surface area contributed by atoms with E-state index in [-0.39, 0.29) is 0 Å². The number of para-hydroxylation sites is 1. The van der Waals surface area contributed by atoms with Crippen LogP contribution in [0.15, 0.2) is 82.6 Å². The standard InChI is InChI=1S/C23H24NOS/c1-17-14-21(26-20-12-8-5-9-13-20)15-22-18(2)24(3,16-25-23(17)22)19-10-6-4-7-11-19/h4-15,18H,16H2,1-3H3/q+1. The van der Waals surface area contributed by atoms with E-state index in [0.29, 0.717) is 12.8 Å². The highest BCUT2D eigenvalue weighted by molar-refractivity contribution is 7.99. The molecule has 0 aliphatic carbocycles. The molecule has 3 aromatic carbocycles. The van der Waals surface area contributed by atoms with E-state index >= 15 is 0 Å². The van der Waals surface area contributed by atoms with Crippen molar-refractivity contribution in [2.45, 2.75) is 29.7 Å². The fourth-order valence-electron chi connectivity index (χ4n) is 3.64. The summed E-state index contributed by atoms with van der Waals surface area (Å²) in [5.41, 5.74) is 3.79. The Morgan fingerprint density at radius 2 is 1.58 bits per heavy atom. The molecule has 0 saturated carbocycles. The molecule has 2 unspecified atom stereocenters. The number of quaternary nitrogens is 1. The quantitative estimate of drug-likeness (QED) is 0.513. The van der Waals surface area contributed by atoms with Gasteiger partial charge in [0.25, 0.3) is 0 Å². The van der Waals surface area contributed by atoms with Gasteiger partial charge in [0, 0.05) is 9.79 Å².